The molecule has 0 saturated carbocycles. The average molecular weight is 809 g/mol. The summed E-state index contributed by atoms with van der Waals surface area (Å²) in [6.07, 6.45) is 0. The van der Waals surface area contributed by atoms with Gasteiger partial charge in [-0.05, 0) is 146 Å². The van der Waals surface area contributed by atoms with Crippen molar-refractivity contribution in [2.24, 2.45) is 0 Å². The van der Waals surface area contributed by atoms with Crippen molar-refractivity contribution >= 4 is 87.2 Å². The van der Waals surface area contributed by atoms with Crippen LogP contribution < -0.4 is 9.80 Å². The normalized spacial score (nSPS) is 13.4. The van der Waals surface area contributed by atoms with Gasteiger partial charge in [0.1, 0.15) is 0 Å². The van der Waals surface area contributed by atoms with Crippen LogP contribution in [0.15, 0.2) is 206 Å². The third-order valence-electron chi connectivity index (χ3n) is 13.5. The molecule has 3 heteroatoms. The van der Waals surface area contributed by atoms with Crippen LogP contribution in [0.2, 0.25) is 0 Å². The molecule has 292 valence electrons. The average Bonchev–Trinajstić information content (AvgIpc) is 3.80. The van der Waals surface area contributed by atoms with Gasteiger partial charge in [-0.15, -0.1) is 11.3 Å². The first-order chi connectivity index (χ1) is 30.5. The number of thiophene rings is 1. The Morgan fingerprint density at radius 2 is 1.10 bits per heavy atom. The molecule has 0 radical (unpaired) electrons. The minimum absolute atomic E-state index is 0.0943. The van der Waals surface area contributed by atoms with Gasteiger partial charge in [-0.25, -0.2) is 0 Å². The maximum atomic E-state index is 2.51. The van der Waals surface area contributed by atoms with Gasteiger partial charge in [-0.3, -0.25) is 0 Å². The maximum absolute atomic E-state index is 2.51. The molecule has 1 aliphatic heterocycles. The second-order valence-electron chi connectivity index (χ2n) is 17.3. The SMILES string of the molecule is CC1(C)c2ccccc2-c2ccc(N3c4cc5ccccc5cc4-c4cc(-c5ccc(N(c6ccccc6)c6ccc7sc8ccccc8c7c6)cc5)cc5cccc3c45)cc21. The van der Waals surface area contributed by atoms with Crippen molar-refractivity contribution < 1.29 is 0 Å². The third-order valence-corrected chi connectivity index (χ3v) is 14.7. The predicted octanol–water partition coefficient (Wildman–Crippen LogP) is 17.3. The molecular weight excluding hydrogens is 769 g/mol. The smallest absolute Gasteiger partial charge is 0.0546 e. The molecule has 11 aromatic rings. The Bertz CT molecular complexity index is 3620. The van der Waals surface area contributed by atoms with Gasteiger partial charge in [0, 0.05) is 59.3 Å². The predicted molar refractivity (Wildman–Crippen MR) is 266 cm³/mol. The molecule has 0 amide bonds. The van der Waals surface area contributed by atoms with E-state index >= 15 is 0 Å². The second-order valence-corrected chi connectivity index (χ2v) is 18.4. The van der Waals surface area contributed by atoms with E-state index < -0.39 is 0 Å². The van der Waals surface area contributed by atoms with Crippen LogP contribution in [0.25, 0.3) is 75.1 Å². The largest absolute Gasteiger partial charge is 0.310 e. The minimum atomic E-state index is -0.0943. The van der Waals surface area contributed by atoms with Gasteiger partial charge >= 0.3 is 0 Å². The molecule has 0 atom stereocenters. The topological polar surface area (TPSA) is 6.48 Å². The minimum Gasteiger partial charge on any atom is -0.310 e. The fourth-order valence-corrected chi connectivity index (χ4v) is 11.6. The molecular formula is C59H40N2S. The number of hydrogen-bond donors (Lipinski definition) is 0. The van der Waals surface area contributed by atoms with Crippen LogP contribution in [0.1, 0.15) is 25.0 Å². The highest BCUT2D eigenvalue weighted by Crippen LogP contribution is 2.55. The molecule has 13 rings (SSSR count). The lowest BCUT2D eigenvalue weighted by molar-refractivity contribution is 0.660. The summed E-state index contributed by atoms with van der Waals surface area (Å²) in [4.78, 5) is 4.89. The van der Waals surface area contributed by atoms with Crippen molar-refractivity contribution in [1.29, 1.82) is 0 Å². The van der Waals surface area contributed by atoms with Gasteiger partial charge < -0.3 is 9.80 Å². The molecule has 2 nitrogen and oxygen atoms in total. The number of anilines is 6. The number of para-hydroxylation sites is 1. The molecule has 2 heterocycles. The molecule has 0 fully saturated rings. The molecule has 1 aromatic heterocycles. The van der Waals surface area contributed by atoms with E-state index in [2.05, 4.69) is 230 Å². The summed E-state index contributed by atoms with van der Waals surface area (Å²) in [5, 5.41) is 7.60. The molecule has 0 unspecified atom stereocenters. The summed E-state index contributed by atoms with van der Waals surface area (Å²) in [6.45, 7) is 4.74. The Morgan fingerprint density at radius 1 is 0.403 bits per heavy atom. The summed E-state index contributed by atoms with van der Waals surface area (Å²) in [5.41, 5.74) is 17.3. The zero-order valence-electron chi connectivity index (χ0n) is 34.4. The van der Waals surface area contributed by atoms with Crippen LogP contribution in [-0.4, -0.2) is 0 Å². The van der Waals surface area contributed by atoms with Crippen molar-refractivity contribution in [3.63, 3.8) is 0 Å². The van der Waals surface area contributed by atoms with E-state index in [1.54, 1.807) is 0 Å². The Morgan fingerprint density at radius 3 is 1.97 bits per heavy atom. The summed E-state index contributed by atoms with van der Waals surface area (Å²) in [6, 6.07) is 76.8. The second kappa shape index (κ2) is 13.3. The van der Waals surface area contributed by atoms with Crippen LogP contribution in [0.3, 0.4) is 0 Å². The Balaban J connectivity index is 0.953. The van der Waals surface area contributed by atoms with Crippen molar-refractivity contribution in [3.8, 4) is 33.4 Å². The molecule has 0 saturated heterocycles. The maximum Gasteiger partial charge on any atom is 0.0546 e. The van der Waals surface area contributed by atoms with Crippen molar-refractivity contribution in [1.82, 2.24) is 0 Å². The lowest BCUT2D eigenvalue weighted by Gasteiger charge is -2.35. The standard InChI is InChI=1S/C59H40N2S/c1-59(2)52-20-10-8-18-46(52)47-29-27-45(36-53(47)59)61-54-21-12-15-40-31-41(33-51(58(40)54)49-32-38-13-6-7-14-39(38)34-55(49)61)37-23-25-43(26-24-37)60(42-16-4-3-5-17-42)44-28-30-57-50(35-44)48-19-9-11-22-56(48)62-57/h3-36H,1-2H3. The molecule has 0 bridgehead atoms. The van der Waals surface area contributed by atoms with Crippen LogP contribution in [-0.2, 0) is 5.41 Å². The molecule has 62 heavy (non-hydrogen) atoms. The van der Waals surface area contributed by atoms with Crippen LogP contribution in [0.4, 0.5) is 34.1 Å². The Hall–Kier alpha value is -7.46. The zero-order valence-corrected chi connectivity index (χ0v) is 35.2. The molecule has 1 aliphatic carbocycles. The fraction of sp³-hybridized carbons (Fsp3) is 0.0508. The Labute approximate surface area is 365 Å². The number of nitrogens with zero attached hydrogens (tertiary/aromatic N) is 2. The summed E-state index contributed by atoms with van der Waals surface area (Å²) < 4.78 is 2.63. The van der Waals surface area contributed by atoms with Crippen molar-refractivity contribution in [3.05, 3.63) is 217 Å². The van der Waals surface area contributed by atoms with E-state index in [9.17, 15) is 0 Å². The number of fused-ring (bicyclic) bond motifs is 9. The highest BCUT2D eigenvalue weighted by molar-refractivity contribution is 7.25. The first kappa shape index (κ1) is 35.3. The van der Waals surface area contributed by atoms with E-state index in [-0.39, 0.29) is 5.41 Å². The third kappa shape index (κ3) is 5.22. The lowest BCUT2D eigenvalue weighted by Crippen LogP contribution is -2.18. The van der Waals surface area contributed by atoms with E-state index in [0.29, 0.717) is 0 Å². The van der Waals surface area contributed by atoms with Gasteiger partial charge in [0.15, 0.2) is 0 Å². The van der Waals surface area contributed by atoms with Crippen LogP contribution >= 0.6 is 11.3 Å². The quantitative estimate of drug-likeness (QED) is 0.171. The molecule has 2 aliphatic rings. The van der Waals surface area contributed by atoms with E-state index in [1.807, 2.05) is 11.3 Å². The monoisotopic (exact) mass is 808 g/mol. The first-order valence-electron chi connectivity index (χ1n) is 21.5. The van der Waals surface area contributed by atoms with Gasteiger partial charge in [0.2, 0.25) is 0 Å². The first-order valence-corrected chi connectivity index (χ1v) is 22.3. The molecule has 0 N–H and O–H groups in total. The summed E-state index contributed by atoms with van der Waals surface area (Å²) in [5.74, 6) is 0. The van der Waals surface area contributed by atoms with Gasteiger partial charge in [-0.2, -0.15) is 0 Å². The van der Waals surface area contributed by atoms with E-state index in [0.717, 1.165) is 17.1 Å². The molecule has 10 aromatic carbocycles. The van der Waals surface area contributed by atoms with E-state index in [1.165, 1.54) is 103 Å². The highest BCUT2D eigenvalue weighted by Gasteiger charge is 2.36. The fourth-order valence-electron chi connectivity index (χ4n) is 10.5. The van der Waals surface area contributed by atoms with Crippen molar-refractivity contribution in [2.45, 2.75) is 19.3 Å². The zero-order chi connectivity index (χ0) is 41.1. The number of hydrogen-bond acceptors (Lipinski definition) is 3. The summed E-state index contributed by atoms with van der Waals surface area (Å²) in [7, 11) is 0. The van der Waals surface area contributed by atoms with Crippen LogP contribution in [0.5, 0.6) is 0 Å². The number of rotatable bonds is 5. The van der Waals surface area contributed by atoms with Gasteiger partial charge in [0.25, 0.3) is 0 Å². The Kier molecular flexibility index (Phi) is 7.56. The molecule has 0 spiro atoms. The van der Waals surface area contributed by atoms with Gasteiger partial charge in [-0.1, -0.05) is 129 Å². The van der Waals surface area contributed by atoms with Crippen molar-refractivity contribution in [2.75, 3.05) is 9.80 Å². The van der Waals surface area contributed by atoms with E-state index in [4.69, 9.17) is 0 Å². The number of benzene rings is 10. The van der Waals surface area contributed by atoms with Gasteiger partial charge in [0.05, 0.1) is 11.4 Å². The van der Waals surface area contributed by atoms with Crippen LogP contribution in [0, 0.1) is 0 Å². The summed E-state index contributed by atoms with van der Waals surface area (Å²) >= 11 is 1.86. The lowest BCUT2D eigenvalue weighted by atomic mass is 9.82. The highest BCUT2D eigenvalue weighted by atomic mass is 32.1.